The second kappa shape index (κ2) is 10.2. The molecule has 2 N–H and O–H groups in total. The Hall–Kier alpha value is -4.15. The first kappa shape index (κ1) is 25.1. The van der Waals surface area contributed by atoms with E-state index in [4.69, 9.17) is 14.7 Å². The molecule has 4 heterocycles. The average Bonchev–Trinajstić information content (AvgIpc) is 3.74. The van der Waals surface area contributed by atoms with Gasteiger partial charge in [0, 0.05) is 40.4 Å². The SMILES string of the molecule is Cc1csc([C@H]2CCCN2C(=O)c2cc(-c3ccon3)cc(-c3nnc([C@](C)(N)Cc4ccccc4)o3)c2)n1. The highest BCUT2D eigenvalue weighted by molar-refractivity contribution is 7.09. The number of likely N-dealkylation sites (tertiary alicyclic amines) is 1. The third-order valence-electron chi connectivity index (χ3n) is 6.92. The molecule has 10 heteroatoms. The maximum Gasteiger partial charge on any atom is 0.254 e. The number of hydrogen-bond donors (Lipinski definition) is 1. The van der Waals surface area contributed by atoms with E-state index in [-0.39, 0.29) is 17.8 Å². The number of thiazole rings is 1. The van der Waals surface area contributed by atoms with Gasteiger partial charge in [-0.3, -0.25) is 4.79 Å². The Morgan fingerprint density at radius 2 is 1.97 bits per heavy atom. The number of rotatable bonds is 7. The lowest BCUT2D eigenvalue weighted by molar-refractivity contribution is 0.0735. The first-order valence-corrected chi connectivity index (χ1v) is 13.7. The molecular weight excluding hydrogens is 512 g/mol. The van der Waals surface area contributed by atoms with Crippen LogP contribution < -0.4 is 5.73 Å². The van der Waals surface area contributed by atoms with E-state index in [9.17, 15) is 4.79 Å². The molecule has 1 fully saturated rings. The minimum Gasteiger partial charge on any atom is -0.419 e. The zero-order valence-electron chi connectivity index (χ0n) is 21.7. The first-order chi connectivity index (χ1) is 18.9. The molecule has 39 heavy (non-hydrogen) atoms. The van der Waals surface area contributed by atoms with Crippen LogP contribution in [-0.2, 0) is 12.0 Å². The fourth-order valence-electron chi connectivity index (χ4n) is 5.01. The van der Waals surface area contributed by atoms with Crippen LogP contribution in [0.2, 0.25) is 0 Å². The molecule has 0 unspecified atom stereocenters. The van der Waals surface area contributed by atoms with Gasteiger partial charge in [0.2, 0.25) is 11.8 Å². The molecule has 2 aromatic carbocycles. The van der Waals surface area contributed by atoms with Crippen molar-refractivity contribution in [1.29, 1.82) is 0 Å². The number of nitrogens with zero attached hydrogens (tertiary/aromatic N) is 5. The van der Waals surface area contributed by atoms with Crippen molar-refractivity contribution in [3.05, 3.63) is 94.0 Å². The molecule has 1 saturated heterocycles. The molecule has 1 aliphatic rings. The van der Waals surface area contributed by atoms with Crippen LogP contribution >= 0.6 is 11.3 Å². The summed E-state index contributed by atoms with van der Waals surface area (Å²) < 4.78 is 11.2. The molecule has 2 atom stereocenters. The Bertz CT molecular complexity index is 1590. The molecule has 0 spiro atoms. The predicted octanol–water partition coefficient (Wildman–Crippen LogP) is 5.55. The van der Waals surface area contributed by atoms with Crippen LogP contribution in [0.4, 0.5) is 0 Å². The fraction of sp³-hybridized carbons (Fsp3) is 0.276. The Kier molecular flexibility index (Phi) is 6.58. The third-order valence-corrected chi connectivity index (χ3v) is 7.99. The Morgan fingerprint density at radius 3 is 2.72 bits per heavy atom. The van der Waals surface area contributed by atoms with Gasteiger partial charge >= 0.3 is 0 Å². The van der Waals surface area contributed by atoms with E-state index in [2.05, 4.69) is 20.3 Å². The normalized spacial score (nSPS) is 16.9. The number of aryl methyl sites for hydroxylation is 1. The van der Waals surface area contributed by atoms with E-state index in [1.807, 2.05) is 66.6 Å². The molecule has 0 bridgehead atoms. The van der Waals surface area contributed by atoms with Gasteiger partial charge < -0.3 is 19.6 Å². The quantitative estimate of drug-likeness (QED) is 0.285. The lowest BCUT2D eigenvalue weighted by atomic mass is 9.94. The second-order valence-electron chi connectivity index (χ2n) is 10.2. The number of hydrogen-bond acceptors (Lipinski definition) is 9. The number of amides is 1. The lowest BCUT2D eigenvalue weighted by Gasteiger charge is -2.23. The van der Waals surface area contributed by atoms with Crippen molar-refractivity contribution in [2.45, 2.75) is 44.7 Å². The summed E-state index contributed by atoms with van der Waals surface area (Å²) in [4.78, 5) is 20.4. The highest BCUT2D eigenvalue weighted by Crippen LogP contribution is 2.36. The number of aromatic nitrogens is 4. The monoisotopic (exact) mass is 540 g/mol. The second-order valence-corrected chi connectivity index (χ2v) is 11.0. The van der Waals surface area contributed by atoms with Gasteiger partial charge in [-0.2, -0.15) is 0 Å². The van der Waals surface area contributed by atoms with E-state index >= 15 is 0 Å². The van der Waals surface area contributed by atoms with Gasteiger partial charge in [0.1, 0.15) is 17.0 Å². The van der Waals surface area contributed by atoms with Crippen molar-refractivity contribution in [2.24, 2.45) is 5.73 Å². The van der Waals surface area contributed by atoms with E-state index < -0.39 is 5.54 Å². The van der Waals surface area contributed by atoms with Gasteiger partial charge in [0.25, 0.3) is 5.91 Å². The van der Waals surface area contributed by atoms with Crippen LogP contribution in [0.1, 0.15) is 58.3 Å². The van der Waals surface area contributed by atoms with E-state index in [1.165, 1.54) is 6.26 Å². The van der Waals surface area contributed by atoms with Gasteiger partial charge in [0.15, 0.2) is 0 Å². The summed E-state index contributed by atoms with van der Waals surface area (Å²) in [6.45, 7) is 4.51. The molecule has 3 aromatic heterocycles. The highest BCUT2D eigenvalue weighted by atomic mass is 32.1. The Labute approximate surface area is 229 Å². The smallest absolute Gasteiger partial charge is 0.254 e. The summed E-state index contributed by atoms with van der Waals surface area (Å²) in [5, 5.41) is 15.7. The summed E-state index contributed by atoms with van der Waals surface area (Å²) in [5.74, 6) is 0.520. The van der Waals surface area contributed by atoms with Crippen molar-refractivity contribution in [3.8, 4) is 22.7 Å². The Morgan fingerprint density at radius 1 is 1.15 bits per heavy atom. The summed E-state index contributed by atoms with van der Waals surface area (Å²) >= 11 is 1.60. The van der Waals surface area contributed by atoms with E-state index in [1.54, 1.807) is 23.5 Å². The van der Waals surface area contributed by atoms with Crippen molar-refractivity contribution in [3.63, 3.8) is 0 Å². The van der Waals surface area contributed by atoms with Crippen molar-refractivity contribution >= 4 is 17.2 Å². The van der Waals surface area contributed by atoms with Crippen LogP contribution in [0.25, 0.3) is 22.7 Å². The molecule has 1 aliphatic heterocycles. The zero-order valence-corrected chi connectivity index (χ0v) is 22.5. The van der Waals surface area contributed by atoms with Crippen LogP contribution in [0.15, 0.2) is 75.2 Å². The minimum atomic E-state index is -0.871. The van der Waals surface area contributed by atoms with Crippen molar-refractivity contribution in [1.82, 2.24) is 25.2 Å². The molecule has 6 rings (SSSR count). The zero-order chi connectivity index (χ0) is 27.0. The molecule has 1 amide bonds. The van der Waals surface area contributed by atoms with Gasteiger partial charge in [-0.05, 0) is 56.9 Å². The number of benzene rings is 2. The average molecular weight is 541 g/mol. The largest absolute Gasteiger partial charge is 0.419 e. The summed E-state index contributed by atoms with van der Waals surface area (Å²) in [7, 11) is 0. The first-order valence-electron chi connectivity index (χ1n) is 12.8. The van der Waals surface area contributed by atoms with Crippen molar-refractivity contribution in [2.75, 3.05) is 6.54 Å². The number of carbonyl (C=O) groups excluding carboxylic acids is 1. The molecule has 198 valence electrons. The third kappa shape index (κ3) is 5.13. The summed E-state index contributed by atoms with van der Waals surface area (Å²) in [5.41, 5.74) is 10.2. The molecular formula is C29H28N6O3S. The Balaban J connectivity index is 1.35. The molecule has 9 nitrogen and oxygen atoms in total. The summed E-state index contributed by atoms with van der Waals surface area (Å²) in [6.07, 6.45) is 3.84. The fourth-order valence-corrected chi connectivity index (χ4v) is 5.95. The van der Waals surface area contributed by atoms with Gasteiger partial charge in [-0.1, -0.05) is 35.5 Å². The number of carbonyl (C=O) groups is 1. The van der Waals surface area contributed by atoms with Crippen LogP contribution in [-0.4, -0.2) is 37.7 Å². The highest BCUT2D eigenvalue weighted by Gasteiger charge is 2.33. The minimum absolute atomic E-state index is 0.0405. The van der Waals surface area contributed by atoms with Crippen LogP contribution in [0.5, 0.6) is 0 Å². The van der Waals surface area contributed by atoms with Crippen LogP contribution in [0.3, 0.4) is 0 Å². The van der Waals surface area contributed by atoms with Crippen molar-refractivity contribution < 1.29 is 13.7 Å². The standard InChI is InChI=1S/C29H28N6O3S/c1-18-17-39-26(31-18)24-9-6-11-35(24)27(36)22-14-20(23-10-12-37-34-23)13-21(15-22)25-32-33-28(38-25)29(2,30)16-19-7-4-3-5-8-19/h3-5,7-8,10,12-15,17,24H,6,9,11,16,30H2,1-2H3/t24-,29-/m1/s1. The maximum atomic E-state index is 13.9. The van der Waals surface area contributed by atoms with E-state index in [0.717, 1.165) is 29.1 Å². The predicted molar refractivity (Wildman–Crippen MR) is 147 cm³/mol. The van der Waals surface area contributed by atoms with E-state index in [0.29, 0.717) is 41.2 Å². The summed E-state index contributed by atoms with van der Waals surface area (Å²) in [6, 6.07) is 17.1. The molecule has 5 aromatic rings. The lowest BCUT2D eigenvalue weighted by Crippen LogP contribution is -2.35. The molecule has 0 radical (unpaired) electrons. The van der Waals surface area contributed by atoms with Gasteiger partial charge in [0.05, 0.1) is 11.6 Å². The molecule has 0 saturated carbocycles. The topological polar surface area (TPSA) is 124 Å². The van der Waals surface area contributed by atoms with Gasteiger partial charge in [-0.15, -0.1) is 21.5 Å². The number of nitrogens with two attached hydrogens (primary N) is 1. The maximum absolute atomic E-state index is 13.9. The van der Waals surface area contributed by atoms with Gasteiger partial charge in [-0.25, -0.2) is 4.98 Å². The molecule has 0 aliphatic carbocycles. The van der Waals surface area contributed by atoms with Crippen LogP contribution in [0, 0.1) is 6.92 Å².